The Labute approximate surface area is 201 Å². The highest BCUT2D eigenvalue weighted by Crippen LogP contribution is 2.47. The molecule has 1 unspecified atom stereocenters. The normalized spacial score (nSPS) is 18.0. The number of hydrogen-bond donors (Lipinski definition) is 0. The summed E-state index contributed by atoms with van der Waals surface area (Å²) in [5.41, 5.74) is 4.79. The van der Waals surface area contributed by atoms with E-state index in [1.165, 1.54) is 28.8 Å². The number of nitrogens with zero attached hydrogens (tertiary/aromatic N) is 2. The fraction of sp³-hybridized carbons (Fsp3) is 0.481. The Bertz CT molecular complexity index is 1070. The van der Waals surface area contributed by atoms with Gasteiger partial charge in [-0.3, -0.25) is 20.2 Å². The number of non-ortho nitro benzene ring substituents is 2. The van der Waals surface area contributed by atoms with Crippen LogP contribution in [0, 0.1) is 33.1 Å². The van der Waals surface area contributed by atoms with Crippen LogP contribution in [-0.2, 0) is 6.61 Å². The van der Waals surface area contributed by atoms with Gasteiger partial charge in [-0.05, 0) is 81.4 Å². The molecule has 7 nitrogen and oxygen atoms in total. The zero-order chi connectivity index (χ0) is 25.0. The summed E-state index contributed by atoms with van der Waals surface area (Å²) in [5.74, 6) is 2.11. The van der Waals surface area contributed by atoms with E-state index >= 15 is 0 Å². The maximum Gasteiger partial charge on any atom is 0.276 e. The van der Waals surface area contributed by atoms with Crippen LogP contribution in [0.4, 0.5) is 11.4 Å². The number of rotatable bonds is 9. The minimum absolute atomic E-state index is 0.0337. The van der Waals surface area contributed by atoms with Gasteiger partial charge in [0.25, 0.3) is 11.4 Å². The van der Waals surface area contributed by atoms with E-state index in [1.807, 2.05) is 6.07 Å². The fourth-order valence-corrected chi connectivity index (χ4v) is 5.01. The Balaban J connectivity index is 1.90. The van der Waals surface area contributed by atoms with Crippen LogP contribution < -0.4 is 4.74 Å². The lowest BCUT2D eigenvalue weighted by molar-refractivity contribution is -0.394. The molecule has 1 aliphatic rings. The number of nitro benzene ring substituents is 2. The molecule has 0 radical (unpaired) electrons. The second-order valence-electron chi connectivity index (χ2n) is 9.85. The Morgan fingerprint density at radius 1 is 1.09 bits per heavy atom. The Kier molecular flexibility index (Phi) is 8.07. The van der Waals surface area contributed by atoms with E-state index in [1.54, 1.807) is 0 Å². The van der Waals surface area contributed by atoms with E-state index in [0.29, 0.717) is 23.3 Å². The third-order valence-electron chi connectivity index (χ3n) is 6.76. The molecule has 7 heteroatoms. The van der Waals surface area contributed by atoms with Gasteiger partial charge in [0.1, 0.15) is 12.4 Å². The molecule has 0 saturated heterocycles. The van der Waals surface area contributed by atoms with Crippen LogP contribution >= 0.6 is 0 Å². The molecular weight excluding hydrogens is 432 g/mol. The number of allylic oxidation sites excluding steroid dienone is 2. The van der Waals surface area contributed by atoms with Gasteiger partial charge in [-0.15, -0.1) is 0 Å². The first-order chi connectivity index (χ1) is 16.1. The highest BCUT2D eigenvalue weighted by molar-refractivity contribution is 5.50. The number of aryl methyl sites for hydroxylation is 1. The second-order valence-corrected chi connectivity index (χ2v) is 9.85. The van der Waals surface area contributed by atoms with Gasteiger partial charge in [0.2, 0.25) is 0 Å². The molecule has 3 atom stereocenters. The first-order valence-electron chi connectivity index (χ1n) is 11.9. The van der Waals surface area contributed by atoms with E-state index in [-0.39, 0.29) is 18.0 Å². The summed E-state index contributed by atoms with van der Waals surface area (Å²) in [7, 11) is 0. The van der Waals surface area contributed by atoms with Gasteiger partial charge in [-0.2, -0.15) is 0 Å². The van der Waals surface area contributed by atoms with Gasteiger partial charge < -0.3 is 4.74 Å². The molecule has 34 heavy (non-hydrogen) atoms. The van der Waals surface area contributed by atoms with Gasteiger partial charge in [0, 0.05) is 23.3 Å². The molecule has 0 bridgehead atoms. The SMILES string of the molecule is CC(C)=CCC[C@H](C)C1CC[C@@H](C)c2c(OCc3cc([N+](=O)[O-])cc([N+](=O)[O-])c3)cc(C)cc21. The molecule has 0 saturated carbocycles. The summed E-state index contributed by atoms with van der Waals surface area (Å²) in [6, 6.07) is 7.94. The van der Waals surface area contributed by atoms with Gasteiger partial charge in [0.15, 0.2) is 0 Å². The molecule has 0 amide bonds. The smallest absolute Gasteiger partial charge is 0.276 e. The third kappa shape index (κ3) is 6.01. The van der Waals surface area contributed by atoms with Crippen molar-refractivity contribution in [1.29, 1.82) is 0 Å². The van der Waals surface area contributed by atoms with Crippen molar-refractivity contribution in [3.8, 4) is 5.75 Å². The molecule has 182 valence electrons. The first kappa shape index (κ1) is 25.4. The fourth-order valence-electron chi connectivity index (χ4n) is 5.01. The van der Waals surface area contributed by atoms with Gasteiger partial charge in [0.05, 0.1) is 15.9 Å². The lowest BCUT2D eigenvalue weighted by atomic mass is 9.71. The molecule has 1 aliphatic carbocycles. The van der Waals surface area contributed by atoms with Gasteiger partial charge >= 0.3 is 0 Å². The number of fused-ring (bicyclic) bond motifs is 1. The summed E-state index contributed by atoms with van der Waals surface area (Å²) in [6.07, 6.45) is 6.72. The average molecular weight is 467 g/mol. The number of benzene rings is 2. The van der Waals surface area contributed by atoms with Crippen LogP contribution in [0.1, 0.15) is 87.5 Å². The van der Waals surface area contributed by atoms with Crippen molar-refractivity contribution < 1.29 is 14.6 Å². The minimum atomic E-state index is -0.617. The average Bonchev–Trinajstić information content (AvgIpc) is 2.76. The summed E-state index contributed by atoms with van der Waals surface area (Å²) >= 11 is 0. The lowest BCUT2D eigenvalue weighted by Crippen LogP contribution is -2.20. The van der Waals surface area contributed by atoms with Crippen molar-refractivity contribution in [2.75, 3.05) is 0 Å². The molecule has 2 aromatic rings. The van der Waals surface area contributed by atoms with Crippen molar-refractivity contribution in [2.24, 2.45) is 5.92 Å². The summed E-state index contributed by atoms with van der Waals surface area (Å²) in [4.78, 5) is 21.2. The van der Waals surface area contributed by atoms with Crippen LogP contribution in [-0.4, -0.2) is 9.85 Å². The number of nitro groups is 2. The predicted octanol–water partition coefficient (Wildman–Crippen LogP) is 7.75. The maximum absolute atomic E-state index is 11.2. The molecule has 0 heterocycles. The van der Waals surface area contributed by atoms with Crippen LogP contribution in [0.5, 0.6) is 5.75 Å². The van der Waals surface area contributed by atoms with Crippen LogP contribution in [0.3, 0.4) is 0 Å². The number of ether oxygens (including phenoxy) is 1. The van der Waals surface area contributed by atoms with Crippen LogP contribution in [0.25, 0.3) is 0 Å². The van der Waals surface area contributed by atoms with Crippen molar-refractivity contribution >= 4 is 11.4 Å². The summed E-state index contributed by atoms with van der Waals surface area (Å²) in [5, 5.41) is 22.5. The van der Waals surface area contributed by atoms with E-state index in [2.05, 4.69) is 46.8 Å². The molecule has 0 aliphatic heterocycles. The summed E-state index contributed by atoms with van der Waals surface area (Å²) < 4.78 is 6.20. The topological polar surface area (TPSA) is 95.5 Å². The van der Waals surface area contributed by atoms with Crippen LogP contribution in [0.2, 0.25) is 0 Å². The predicted molar refractivity (Wildman–Crippen MR) is 133 cm³/mol. The van der Waals surface area contributed by atoms with E-state index in [9.17, 15) is 20.2 Å². The Hall–Kier alpha value is -3.22. The molecule has 0 spiro atoms. The highest BCUT2D eigenvalue weighted by atomic mass is 16.6. The lowest BCUT2D eigenvalue weighted by Gasteiger charge is -2.35. The van der Waals surface area contributed by atoms with Gasteiger partial charge in [-0.25, -0.2) is 0 Å². The zero-order valence-electron chi connectivity index (χ0n) is 20.7. The summed E-state index contributed by atoms with van der Waals surface area (Å²) in [6.45, 7) is 10.9. The van der Waals surface area contributed by atoms with Crippen LogP contribution in [0.15, 0.2) is 42.0 Å². The van der Waals surface area contributed by atoms with Crippen molar-refractivity contribution in [1.82, 2.24) is 0 Å². The molecule has 0 N–H and O–H groups in total. The largest absolute Gasteiger partial charge is 0.489 e. The standard InChI is InChI=1S/C27H34N2O5/c1-17(2)7-6-8-19(4)24-10-9-20(5)27-25(24)11-18(3)12-26(27)34-16-21-13-22(28(30)31)15-23(14-21)29(32)33/h7,11-15,19-20,24H,6,8-10,16H2,1-5H3/t19-,20+,24?/m0/s1. The minimum Gasteiger partial charge on any atom is -0.489 e. The van der Waals surface area contributed by atoms with E-state index < -0.39 is 9.85 Å². The van der Waals surface area contributed by atoms with Crippen molar-refractivity contribution in [3.63, 3.8) is 0 Å². The number of hydrogen-bond acceptors (Lipinski definition) is 5. The third-order valence-corrected chi connectivity index (χ3v) is 6.76. The molecule has 0 fully saturated rings. The molecular formula is C27H34N2O5. The quantitative estimate of drug-likeness (QED) is 0.214. The monoisotopic (exact) mass is 466 g/mol. The second kappa shape index (κ2) is 10.8. The molecule has 3 rings (SSSR count). The Morgan fingerprint density at radius 2 is 1.74 bits per heavy atom. The maximum atomic E-state index is 11.2. The Morgan fingerprint density at radius 3 is 2.32 bits per heavy atom. The highest BCUT2D eigenvalue weighted by Gasteiger charge is 2.31. The van der Waals surface area contributed by atoms with E-state index in [4.69, 9.17) is 4.74 Å². The molecule has 2 aromatic carbocycles. The first-order valence-corrected chi connectivity index (χ1v) is 11.9. The van der Waals surface area contributed by atoms with E-state index in [0.717, 1.165) is 43.1 Å². The van der Waals surface area contributed by atoms with Gasteiger partial charge in [-0.1, -0.05) is 31.6 Å². The molecule has 0 aromatic heterocycles. The zero-order valence-corrected chi connectivity index (χ0v) is 20.7. The van der Waals surface area contributed by atoms with Crippen molar-refractivity contribution in [3.05, 3.63) is 84.5 Å². The van der Waals surface area contributed by atoms with Crippen molar-refractivity contribution in [2.45, 2.75) is 78.7 Å².